The van der Waals surface area contributed by atoms with Gasteiger partial charge in [-0.2, -0.15) is 26.3 Å². The van der Waals surface area contributed by atoms with Crippen LogP contribution in [0.5, 0.6) is 0 Å². The van der Waals surface area contributed by atoms with Gasteiger partial charge in [-0.05, 0) is 74.9 Å². The van der Waals surface area contributed by atoms with E-state index in [1.165, 1.54) is 30.3 Å². The monoisotopic (exact) mass is 672 g/mol. The number of hydrogen-bond acceptors (Lipinski definition) is 4. The number of nitrogens with zero attached hydrogens (tertiary/aromatic N) is 2. The van der Waals surface area contributed by atoms with Crippen molar-refractivity contribution in [2.75, 3.05) is 18.0 Å². The van der Waals surface area contributed by atoms with Crippen LogP contribution in [-0.4, -0.2) is 54.1 Å². The Hall–Kier alpha value is -2.22. The van der Waals surface area contributed by atoms with Crippen molar-refractivity contribution >= 4 is 34.4 Å². The molecule has 0 bridgehead atoms. The third kappa shape index (κ3) is 6.75. The van der Waals surface area contributed by atoms with Crippen LogP contribution >= 0.6 is 22.6 Å². The summed E-state index contributed by atoms with van der Waals surface area (Å²) in [4.78, 5) is 16.1. The number of benzene rings is 2. The molecule has 1 aliphatic heterocycles. The Labute approximate surface area is 237 Å². The highest BCUT2D eigenvalue weighted by molar-refractivity contribution is 14.1. The normalized spacial score (nSPS) is 19.3. The fraction of sp³-hybridized carbons (Fsp3) is 0.519. The lowest BCUT2D eigenvalue weighted by molar-refractivity contribution is -0.392. The van der Waals surface area contributed by atoms with Crippen LogP contribution in [0.2, 0.25) is 0 Å². The number of ether oxygens (including phenoxy) is 2. The Morgan fingerprint density at radius 2 is 1.51 bits per heavy atom. The minimum Gasteiger partial charge on any atom is -0.444 e. The van der Waals surface area contributed by atoms with E-state index < -0.39 is 41.8 Å². The maximum Gasteiger partial charge on any atom is 0.430 e. The molecule has 3 rings (SSSR count). The molecule has 2 atom stereocenters. The third-order valence-corrected chi connectivity index (χ3v) is 7.24. The average molecular weight is 672 g/mol. The Bertz CT molecular complexity index is 1140. The van der Waals surface area contributed by atoms with Crippen molar-refractivity contribution in [3.8, 4) is 0 Å². The second kappa shape index (κ2) is 11.3. The summed E-state index contributed by atoms with van der Waals surface area (Å²) in [5, 5.41) is 0. The number of hydrogen-bond donors (Lipinski definition) is 0. The first-order chi connectivity index (χ1) is 17.9. The molecule has 1 saturated heterocycles. The zero-order valence-corrected chi connectivity index (χ0v) is 24.3. The van der Waals surface area contributed by atoms with Gasteiger partial charge in [-0.25, -0.2) is 4.79 Å². The summed E-state index contributed by atoms with van der Waals surface area (Å²) in [5.41, 5.74) is -5.63. The first-order valence-electron chi connectivity index (χ1n) is 12.2. The Balaban J connectivity index is 1.95. The van der Waals surface area contributed by atoms with Crippen LogP contribution < -0.4 is 4.90 Å². The molecule has 0 spiro atoms. The van der Waals surface area contributed by atoms with Gasteiger partial charge in [0.15, 0.2) is 0 Å². The van der Waals surface area contributed by atoms with Gasteiger partial charge in [0.25, 0.3) is 5.60 Å². The van der Waals surface area contributed by atoms with Gasteiger partial charge in [0.05, 0.1) is 12.3 Å². The Morgan fingerprint density at radius 1 is 0.923 bits per heavy atom. The molecule has 0 saturated carbocycles. The highest BCUT2D eigenvalue weighted by Gasteiger charge is 2.73. The van der Waals surface area contributed by atoms with Gasteiger partial charge in [0.2, 0.25) is 0 Å². The number of halogens is 7. The van der Waals surface area contributed by atoms with Crippen LogP contribution in [0.15, 0.2) is 48.5 Å². The molecule has 5 nitrogen and oxygen atoms in total. The fourth-order valence-electron chi connectivity index (χ4n) is 4.50. The number of piperazine rings is 1. The zero-order chi connectivity index (χ0) is 29.4. The third-order valence-electron chi connectivity index (χ3n) is 6.37. The summed E-state index contributed by atoms with van der Waals surface area (Å²) in [6, 6.07) is 9.74. The second-order valence-electron chi connectivity index (χ2n) is 10.6. The number of anilines is 1. The molecule has 12 heteroatoms. The quantitative estimate of drug-likeness (QED) is 0.242. The molecule has 1 aliphatic rings. The van der Waals surface area contributed by atoms with Gasteiger partial charge in [-0.3, -0.25) is 0 Å². The van der Waals surface area contributed by atoms with Crippen molar-refractivity contribution in [2.45, 2.75) is 76.9 Å². The van der Waals surface area contributed by atoms with E-state index in [2.05, 4.69) is 0 Å². The summed E-state index contributed by atoms with van der Waals surface area (Å²) < 4.78 is 96.2. The first-order valence-corrected chi connectivity index (χ1v) is 13.3. The summed E-state index contributed by atoms with van der Waals surface area (Å²) in [6.07, 6.45) is -12.1. The molecule has 1 fully saturated rings. The van der Waals surface area contributed by atoms with E-state index in [1.807, 2.05) is 11.8 Å². The van der Waals surface area contributed by atoms with Crippen molar-refractivity contribution in [1.82, 2.24) is 4.90 Å². The lowest BCUT2D eigenvalue weighted by Crippen LogP contribution is -2.59. The first kappa shape index (κ1) is 31.3. The van der Waals surface area contributed by atoms with Crippen LogP contribution in [0.3, 0.4) is 0 Å². The maximum atomic E-state index is 14.3. The Kier molecular flexibility index (Phi) is 9.10. The summed E-state index contributed by atoms with van der Waals surface area (Å²) in [7, 11) is 0. The number of amides is 1. The predicted molar refractivity (Wildman–Crippen MR) is 143 cm³/mol. The highest BCUT2D eigenvalue weighted by Crippen LogP contribution is 2.54. The molecule has 2 aromatic rings. The van der Waals surface area contributed by atoms with Gasteiger partial charge in [-0.1, -0.05) is 36.4 Å². The molecule has 0 unspecified atom stereocenters. The average Bonchev–Trinajstić information content (AvgIpc) is 2.78. The van der Waals surface area contributed by atoms with Crippen molar-refractivity contribution < 1.29 is 40.6 Å². The minimum absolute atomic E-state index is 0.173. The molecule has 1 amide bonds. The molecular formula is C27H31F6IN2O3. The standard InChI is InChI=1S/C27H31F6IN2O3/c1-17-15-36(23(37)39-24(3,4)5)18(2)14-35(17)22-12-11-20(13-21(22)34)25(26(28,29)30,27(31,32)33)38-16-19-9-7-6-8-10-19/h6-13,17-18H,14-16H2,1-5H3/t17-,18+/m1/s1. The van der Waals surface area contributed by atoms with E-state index in [4.69, 9.17) is 9.47 Å². The molecule has 216 valence electrons. The largest absolute Gasteiger partial charge is 0.444 e. The summed E-state index contributed by atoms with van der Waals surface area (Å²) >= 11 is 1.74. The maximum absolute atomic E-state index is 14.3. The van der Waals surface area contributed by atoms with Gasteiger partial charge >= 0.3 is 18.4 Å². The van der Waals surface area contributed by atoms with Crippen LogP contribution in [0, 0.1) is 3.57 Å². The van der Waals surface area contributed by atoms with Crippen molar-refractivity contribution in [3.63, 3.8) is 0 Å². The molecule has 0 aliphatic carbocycles. The molecule has 1 heterocycles. The molecule has 2 aromatic carbocycles. The highest BCUT2D eigenvalue weighted by atomic mass is 127. The lowest BCUT2D eigenvalue weighted by atomic mass is 9.91. The van der Waals surface area contributed by atoms with E-state index in [-0.39, 0.29) is 27.8 Å². The van der Waals surface area contributed by atoms with E-state index >= 15 is 0 Å². The van der Waals surface area contributed by atoms with Crippen molar-refractivity contribution in [3.05, 3.63) is 63.2 Å². The van der Waals surface area contributed by atoms with Crippen LogP contribution in [0.1, 0.15) is 45.7 Å². The van der Waals surface area contributed by atoms with E-state index in [1.54, 1.807) is 61.3 Å². The number of carbonyl (C=O) groups is 1. The van der Waals surface area contributed by atoms with E-state index in [0.717, 1.165) is 12.1 Å². The predicted octanol–water partition coefficient (Wildman–Crippen LogP) is 7.66. The summed E-state index contributed by atoms with van der Waals surface area (Å²) in [5.74, 6) is 0. The van der Waals surface area contributed by atoms with Crippen molar-refractivity contribution in [2.24, 2.45) is 0 Å². The number of rotatable bonds is 5. The smallest absolute Gasteiger partial charge is 0.430 e. The molecule has 0 aromatic heterocycles. The van der Waals surface area contributed by atoms with Gasteiger partial charge in [0.1, 0.15) is 5.60 Å². The topological polar surface area (TPSA) is 42.0 Å². The molecular weight excluding hydrogens is 641 g/mol. The van der Waals surface area contributed by atoms with Gasteiger partial charge in [0, 0.05) is 34.3 Å². The number of alkyl halides is 6. The van der Waals surface area contributed by atoms with Crippen LogP contribution in [-0.2, 0) is 21.7 Å². The van der Waals surface area contributed by atoms with E-state index in [9.17, 15) is 31.1 Å². The lowest BCUT2D eigenvalue weighted by Gasteiger charge is -2.45. The Morgan fingerprint density at radius 3 is 2.03 bits per heavy atom. The van der Waals surface area contributed by atoms with Crippen molar-refractivity contribution in [1.29, 1.82) is 0 Å². The molecule has 39 heavy (non-hydrogen) atoms. The SMILES string of the molecule is C[C@@H]1CN(C(=O)OC(C)(C)C)[C@@H](C)CN1c1ccc(C(OCc2ccccc2)(C(F)(F)F)C(F)(F)F)cc1I. The van der Waals surface area contributed by atoms with E-state index in [0.29, 0.717) is 12.2 Å². The van der Waals surface area contributed by atoms with Crippen LogP contribution in [0.4, 0.5) is 36.8 Å². The summed E-state index contributed by atoms with van der Waals surface area (Å²) in [6.45, 7) is 8.58. The molecule has 0 N–H and O–H groups in total. The second-order valence-corrected chi connectivity index (χ2v) is 11.8. The zero-order valence-electron chi connectivity index (χ0n) is 22.2. The molecule has 0 radical (unpaired) electrons. The van der Waals surface area contributed by atoms with Gasteiger partial charge < -0.3 is 19.3 Å². The van der Waals surface area contributed by atoms with Crippen LogP contribution in [0.25, 0.3) is 0 Å². The number of carbonyl (C=O) groups excluding carboxylic acids is 1. The van der Waals surface area contributed by atoms with Gasteiger partial charge in [-0.15, -0.1) is 0 Å². The fourth-order valence-corrected chi connectivity index (χ4v) is 5.32. The minimum atomic E-state index is -5.79.